The van der Waals surface area contributed by atoms with Crippen LogP contribution in [0.3, 0.4) is 0 Å². The van der Waals surface area contributed by atoms with Crippen LogP contribution >= 0.6 is 0 Å². The number of H-pyrrole nitrogens is 1. The Morgan fingerprint density at radius 3 is 2.86 bits per heavy atom. The van der Waals surface area contributed by atoms with Crippen LogP contribution in [0.5, 0.6) is 0 Å². The summed E-state index contributed by atoms with van der Waals surface area (Å²) in [6.45, 7) is 1.85. The molecule has 1 atom stereocenters. The fourth-order valence-electron chi connectivity index (χ4n) is 1.25. The van der Waals surface area contributed by atoms with Crippen LogP contribution < -0.4 is 0 Å². The number of aromatic nitrogens is 2. The Morgan fingerprint density at radius 1 is 1.64 bits per heavy atom. The van der Waals surface area contributed by atoms with E-state index in [1.807, 2.05) is 6.92 Å². The van der Waals surface area contributed by atoms with Crippen molar-refractivity contribution in [3.63, 3.8) is 0 Å². The van der Waals surface area contributed by atoms with E-state index in [1.165, 1.54) is 6.20 Å². The zero-order chi connectivity index (χ0) is 10.6. The fourth-order valence-corrected chi connectivity index (χ4v) is 1.25. The first kappa shape index (κ1) is 10.8. The molecule has 0 spiro atoms. The van der Waals surface area contributed by atoms with Crippen molar-refractivity contribution in [2.45, 2.75) is 26.2 Å². The molecule has 78 valence electrons. The first-order chi connectivity index (χ1) is 6.69. The van der Waals surface area contributed by atoms with E-state index in [2.05, 4.69) is 10.2 Å². The van der Waals surface area contributed by atoms with Gasteiger partial charge in [-0.3, -0.25) is 5.10 Å². The second-order valence-electron chi connectivity index (χ2n) is 3.10. The first-order valence-electron chi connectivity index (χ1n) is 4.45. The molecule has 0 aliphatic carbocycles. The molecule has 1 rings (SSSR count). The lowest BCUT2D eigenvalue weighted by Gasteiger charge is -2.06. The Balaban J connectivity index is 2.75. The second kappa shape index (κ2) is 4.83. The minimum atomic E-state index is -2.58. The maximum Gasteiger partial charge on any atom is 0.282 e. The molecule has 0 saturated heterocycles. The highest BCUT2D eigenvalue weighted by molar-refractivity contribution is 5.54. The Kier molecular flexibility index (Phi) is 3.73. The lowest BCUT2D eigenvalue weighted by molar-refractivity contribution is -0.111. The highest BCUT2D eigenvalue weighted by Crippen LogP contribution is 2.22. The van der Waals surface area contributed by atoms with Crippen LogP contribution in [0, 0.1) is 5.92 Å². The molecule has 14 heavy (non-hydrogen) atoms. The predicted molar refractivity (Wildman–Crippen MR) is 47.1 cm³/mol. The average Bonchev–Trinajstić information content (AvgIpc) is 2.62. The summed E-state index contributed by atoms with van der Waals surface area (Å²) in [6.07, 6.45) is 0.615. The normalized spacial score (nSPS) is 13.1. The van der Waals surface area contributed by atoms with Gasteiger partial charge in [-0.05, 0) is 18.4 Å². The van der Waals surface area contributed by atoms with E-state index in [0.717, 1.165) is 6.29 Å². The van der Waals surface area contributed by atoms with Crippen molar-refractivity contribution < 1.29 is 13.6 Å². The number of carbonyl (C=O) groups is 1. The van der Waals surface area contributed by atoms with Gasteiger partial charge in [0.25, 0.3) is 6.43 Å². The summed E-state index contributed by atoms with van der Waals surface area (Å²) < 4.78 is 24.7. The number of alkyl halides is 2. The van der Waals surface area contributed by atoms with E-state index in [1.54, 1.807) is 0 Å². The van der Waals surface area contributed by atoms with Gasteiger partial charge in [0, 0.05) is 12.1 Å². The average molecular weight is 202 g/mol. The van der Waals surface area contributed by atoms with E-state index in [0.29, 0.717) is 18.4 Å². The van der Waals surface area contributed by atoms with Crippen LogP contribution in [0.1, 0.15) is 31.0 Å². The molecular weight excluding hydrogens is 190 g/mol. The van der Waals surface area contributed by atoms with Crippen molar-refractivity contribution in [3.05, 3.63) is 17.5 Å². The van der Waals surface area contributed by atoms with E-state index in [9.17, 15) is 13.6 Å². The summed E-state index contributed by atoms with van der Waals surface area (Å²) in [5, 5.41) is 5.83. The van der Waals surface area contributed by atoms with Crippen LogP contribution in [-0.2, 0) is 11.2 Å². The summed E-state index contributed by atoms with van der Waals surface area (Å²) in [5.41, 5.74) is 0.184. The number of hydrogen-bond donors (Lipinski definition) is 1. The SMILES string of the molecule is CCC(C=O)Cc1c[nH]nc1C(F)F. The Labute approximate surface area is 80.5 Å². The largest absolute Gasteiger partial charge is 0.303 e. The van der Waals surface area contributed by atoms with Gasteiger partial charge in [0.1, 0.15) is 12.0 Å². The van der Waals surface area contributed by atoms with Crippen LogP contribution in [0.25, 0.3) is 0 Å². The van der Waals surface area contributed by atoms with Gasteiger partial charge in [0.2, 0.25) is 0 Å². The molecule has 0 fully saturated rings. The monoisotopic (exact) mass is 202 g/mol. The van der Waals surface area contributed by atoms with E-state index < -0.39 is 6.43 Å². The Bertz CT molecular complexity index is 299. The lowest BCUT2D eigenvalue weighted by atomic mass is 9.99. The number of hydrogen-bond acceptors (Lipinski definition) is 2. The smallest absolute Gasteiger partial charge is 0.282 e. The minimum Gasteiger partial charge on any atom is -0.303 e. The number of carbonyl (C=O) groups excluding carboxylic acids is 1. The summed E-state index contributed by atoms with van der Waals surface area (Å²) in [7, 11) is 0. The molecule has 0 saturated carbocycles. The van der Waals surface area contributed by atoms with Gasteiger partial charge in [-0.2, -0.15) is 5.10 Å². The zero-order valence-electron chi connectivity index (χ0n) is 7.84. The lowest BCUT2D eigenvalue weighted by Crippen LogP contribution is -2.05. The molecule has 0 aliphatic heterocycles. The van der Waals surface area contributed by atoms with Crippen molar-refractivity contribution in [2.24, 2.45) is 5.92 Å². The Hall–Kier alpha value is -1.26. The number of nitrogens with zero attached hydrogens (tertiary/aromatic N) is 1. The number of nitrogens with one attached hydrogen (secondary N) is 1. The van der Waals surface area contributed by atoms with Crippen molar-refractivity contribution in [1.29, 1.82) is 0 Å². The molecular formula is C9H12F2N2O. The fraction of sp³-hybridized carbons (Fsp3) is 0.556. The van der Waals surface area contributed by atoms with Crippen molar-refractivity contribution in [1.82, 2.24) is 10.2 Å². The topological polar surface area (TPSA) is 45.8 Å². The van der Waals surface area contributed by atoms with Gasteiger partial charge in [-0.15, -0.1) is 0 Å². The number of halogens is 2. The standard InChI is InChI=1S/C9H12F2N2O/c1-2-6(5-14)3-7-4-12-13-8(7)9(10)11/h4-6,9H,2-3H2,1H3,(H,12,13). The van der Waals surface area contributed by atoms with Crippen molar-refractivity contribution in [3.8, 4) is 0 Å². The van der Waals surface area contributed by atoms with Gasteiger partial charge in [-0.1, -0.05) is 6.92 Å². The summed E-state index contributed by atoms with van der Waals surface area (Å²) in [6, 6.07) is 0. The van der Waals surface area contributed by atoms with E-state index in [-0.39, 0.29) is 11.6 Å². The van der Waals surface area contributed by atoms with E-state index >= 15 is 0 Å². The molecule has 0 aliphatic rings. The minimum absolute atomic E-state index is 0.204. The predicted octanol–water partition coefficient (Wildman–Crippen LogP) is 2.11. The molecule has 1 aromatic heterocycles. The van der Waals surface area contributed by atoms with Crippen LogP contribution in [0.15, 0.2) is 6.20 Å². The third-order valence-corrected chi connectivity index (χ3v) is 2.16. The maximum atomic E-state index is 12.3. The Morgan fingerprint density at radius 2 is 2.36 bits per heavy atom. The highest BCUT2D eigenvalue weighted by Gasteiger charge is 2.18. The van der Waals surface area contributed by atoms with E-state index in [4.69, 9.17) is 0 Å². The molecule has 0 aromatic carbocycles. The highest BCUT2D eigenvalue weighted by atomic mass is 19.3. The maximum absolute atomic E-state index is 12.3. The van der Waals surface area contributed by atoms with Gasteiger partial charge >= 0.3 is 0 Å². The molecule has 0 radical (unpaired) electrons. The summed E-state index contributed by atoms with van der Waals surface area (Å²) in [4.78, 5) is 10.5. The van der Waals surface area contributed by atoms with Gasteiger partial charge in [0.15, 0.2) is 0 Å². The molecule has 1 unspecified atom stereocenters. The third kappa shape index (κ3) is 2.37. The number of aldehydes is 1. The number of rotatable bonds is 5. The second-order valence-corrected chi connectivity index (χ2v) is 3.10. The van der Waals surface area contributed by atoms with Gasteiger partial charge in [0.05, 0.1) is 0 Å². The molecule has 1 heterocycles. The number of aromatic amines is 1. The molecule has 1 N–H and O–H groups in total. The first-order valence-corrected chi connectivity index (χ1v) is 4.45. The van der Waals surface area contributed by atoms with Gasteiger partial charge < -0.3 is 4.79 Å². The molecule has 0 amide bonds. The van der Waals surface area contributed by atoms with Crippen LogP contribution in [0.4, 0.5) is 8.78 Å². The van der Waals surface area contributed by atoms with Crippen LogP contribution in [-0.4, -0.2) is 16.5 Å². The molecule has 1 aromatic rings. The zero-order valence-corrected chi connectivity index (χ0v) is 7.84. The third-order valence-electron chi connectivity index (χ3n) is 2.16. The molecule has 3 nitrogen and oxygen atoms in total. The molecule has 0 bridgehead atoms. The molecule has 5 heteroatoms. The van der Waals surface area contributed by atoms with Gasteiger partial charge in [-0.25, -0.2) is 8.78 Å². The summed E-state index contributed by atoms with van der Waals surface area (Å²) in [5.74, 6) is -0.204. The van der Waals surface area contributed by atoms with Crippen molar-refractivity contribution >= 4 is 6.29 Å². The van der Waals surface area contributed by atoms with Crippen LogP contribution in [0.2, 0.25) is 0 Å². The quantitative estimate of drug-likeness (QED) is 0.743. The summed E-state index contributed by atoms with van der Waals surface area (Å²) >= 11 is 0. The van der Waals surface area contributed by atoms with Crippen molar-refractivity contribution in [2.75, 3.05) is 0 Å².